The number of hydrogen-bond acceptors (Lipinski definition) is 6. The Morgan fingerprint density at radius 1 is 1.12 bits per heavy atom. The molecule has 4 rings (SSSR count). The smallest absolute Gasteiger partial charge is 0.237 e. The van der Waals surface area contributed by atoms with Gasteiger partial charge in [-0.3, -0.25) is 9.69 Å². The highest BCUT2D eigenvalue weighted by atomic mass is 19.1. The summed E-state index contributed by atoms with van der Waals surface area (Å²) in [5, 5.41) is 7.06. The normalized spacial score (nSPS) is 15.5. The maximum atomic E-state index is 14.1. The minimum Gasteiger partial charge on any atom is -0.379 e. The van der Waals surface area contributed by atoms with Crippen LogP contribution in [0, 0.1) is 12.7 Å². The Hall–Kier alpha value is -3.10. The summed E-state index contributed by atoms with van der Waals surface area (Å²) in [5.41, 5.74) is 2.37. The second kappa shape index (κ2) is 10.0. The van der Waals surface area contributed by atoms with Gasteiger partial charge in [0.1, 0.15) is 11.6 Å². The number of fused-ring (bicyclic) bond motifs is 1. The zero-order valence-electron chi connectivity index (χ0n) is 18.4. The molecule has 2 N–H and O–H groups in total. The van der Waals surface area contributed by atoms with Gasteiger partial charge in [-0.2, -0.15) is 0 Å². The zero-order chi connectivity index (χ0) is 22.5. The van der Waals surface area contributed by atoms with Gasteiger partial charge in [-0.15, -0.1) is 0 Å². The van der Waals surface area contributed by atoms with Gasteiger partial charge in [-0.05, 0) is 31.5 Å². The second-order valence-electron chi connectivity index (χ2n) is 7.95. The number of aromatic nitrogens is 2. The van der Waals surface area contributed by atoms with E-state index in [9.17, 15) is 9.18 Å². The van der Waals surface area contributed by atoms with E-state index >= 15 is 0 Å². The third kappa shape index (κ3) is 5.03. The van der Waals surface area contributed by atoms with Gasteiger partial charge in [0.05, 0.1) is 31.3 Å². The second-order valence-corrected chi connectivity index (χ2v) is 7.95. The van der Waals surface area contributed by atoms with Crippen LogP contribution in [0.2, 0.25) is 0 Å². The Labute approximate surface area is 187 Å². The van der Waals surface area contributed by atoms with Crippen molar-refractivity contribution in [3.63, 3.8) is 0 Å². The summed E-state index contributed by atoms with van der Waals surface area (Å²) < 4.78 is 19.4. The van der Waals surface area contributed by atoms with Gasteiger partial charge < -0.3 is 15.4 Å². The van der Waals surface area contributed by atoms with Crippen molar-refractivity contribution in [2.45, 2.75) is 33.0 Å². The Bertz CT molecular complexity index is 1100. The Morgan fingerprint density at radius 2 is 1.91 bits per heavy atom. The van der Waals surface area contributed by atoms with E-state index in [2.05, 4.69) is 25.5 Å². The van der Waals surface area contributed by atoms with Crippen LogP contribution in [-0.4, -0.2) is 53.1 Å². The number of aryl methyl sites for hydroxylation is 1. The van der Waals surface area contributed by atoms with Crippen LogP contribution in [-0.2, 0) is 22.6 Å². The molecule has 1 aliphatic rings. The fourth-order valence-corrected chi connectivity index (χ4v) is 3.82. The zero-order valence-corrected chi connectivity index (χ0v) is 18.4. The Morgan fingerprint density at radius 3 is 2.69 bits per heavy atom. The molecule has 1 saturated heterocycles. The molecular formula is C24H28FN5O2. The fourth-order valence-electron chi connectivity index (χ4n) is 3.82. The summed E-state index contributed by atoms with van der Waals surface area (Å²) in [5.74, 6) is 0.790. The number of carbonyl (C=O) groups is 1. The molecule has 8 heteroatoms. The molecule has 1 aliphatic heterocycles. The maximum absolute atomic E-state index is 14.1. The quantitative estimate of drug-likeness (QED) is 0.592. The summed E-state index contributed by atoms with van der Waals surface area (Å²) in [6.07, 6.45) is 0. The molecule has 0 bridgehead atoms. The average Bonchev–Trinajstić information content (AvgIpc) is 2.82. The highest BCUT2D eigenvalue weighted by molar-refractivity contribution is 5.91. The highest BCUT2D eigenvalue weighted by Gasteiger charge is 2.23. The van der Waals surface area contributed by atoms with E-state index < -0.39 is 0 Å². The van der Waals surface area contributed by atoms with Crippen molar-refractivity contribution in [1.82, 2.24) is 20.2 Å². The lowest BCUT2D eigenvalue weighted by Gasteiger charge is -2.31. The number of rotatable bonds is 7. The number of carbonyl (C=O) groups excluding carboxylic acids is 1. The molecular weight excluding hydrogens is 409 g/mol. The van der Waals surface area contributed by atoms with Crippen molar-refractivity contribution < 1.29 is 13.9 Å². The van der Waals surface area contributed by atoms with Gasteiger partial charge >= 0.3 is 0 Å². The van der Waals surface area contributed by atoms with Crippen LogP contribution in [0.1, 0.15) is 23.9 Å². The number of hydrogen-bond donors (Lipinski definition) is 2. The standard InChI is InChI=1S/C24H28FN5O2/c1-16-6-5-8-19-22(16)28-21(15-27-24(31)17(2)30-10-12-32-13-11-30)29-23(19)26-14-18-7-3-4-9-20(18)25/h3-9,17H,10-15H2,1-2H3,(H,27,31)(H,26,28,29). The predicted octanol–water partition coefficient (Wildman–Crippen LogP) is 3.03. The van der Waals surface area contributed by atoms with Crippen molar-refractivity contribution in [3.05, 3.63) is 65.2 Å². The van der Waals surface area contributed by atoms with E-state index in [4.69, 9.17) is 4.74 Å². The SMILES string of the molecule is Cc1cccc2c(NCc3ccccc3F)nc(CNC(=O)C(C)N3CCOCC3)nc12. The fraction of sp³-hybridized carbons (Fsp3) is 0.375. The lowest BCUT2D eigenvalue weighted by atomic mass is 10.1. The van der Waals surface area contributed by atoms with Gasteiger partial charge in [-0.25, -0.2) is 14.4 Å². The summed E-state index contributed by atoms with van der Waals surface area (Å²) in [7, 11) is 0. The molecule has 168 valence electrons. The molecule has 0 saturated carbocycles. The number of amides is 1. The van der Waals surface area contributed by atoms with E-state index in [-0.39, 0.29) is 24.3 Å². The lowest BCUT2D eigenvalue weighted by molar-refractivity contribution is -0.127. The molecule has 0 aliphatic carbocycles. The number of ether oxygens (including phenoxy) is 1. The molecule has 0 spiro atoms. The molecule has 32 heavy (non-hydrogen) atoms. The largest absolute Gasteiger partial charge is 0.379 e. The molecule has 7 nitrogen and oxygen atoms in total. The number of morpholine rings is 1. The number of benzene rings is 2. The van der Waals surface area contributed by atoms with E-state index in [1.54, 1.807) is 18.2 Å². The predicted molar refractivity (Wildman–Crippen MR) is 122 cm³/mol. The molecule has 3 aromatic rings. The summed E-state index contributed by atoms with van der Waals surface area (Å²) in [6, 6.07) is 12.3. The van der Waals surface area contributed by atoms with Crippen LogP contribution in [0.15, 0.2) is 42.5 Å². The average molecular weight is 438 g/mol. The summed E-state index contributed by atoms with van der Waals surface area (Å²) >= 11 is 0. The van der Waals surface area contributed by atoms with Crippen molar-refractivity contribution in [1.29, 1.82) is 0 Å². The number of halogens is 1. The van der Waals surface area contributed by atoms with E-state index in [0.29, 0.717) is 37.0 Å². The van der Waals surface area contributed by atoms with Crippen LogP contribution in [0.25, 0.3) is 10.9 Å². The van der Waals surface area contributed by atoms with Gasteiger partial charge in [0.15, 0.2) is 5.82 Å². The number of nitrogens with one attached hydrogen (secondary N) is 2. The van der Waals surface area contributed by atoms with E-state index in [1.165, 1.54) is 6.07 Å². The van der Waals surface area contributed by atoms with Crippen molar-refractivity contribution in [2.75, 3.05) is 31.6 Å². The number of anilines is 1. The van der Waals surface area contributed by atoms with E-state index in [0.717, 1.165) is 29.6 Å². The van der Waals surface area contributed by atoms with Crippen molar-refractivity contribution >= 4 is 22.6 Å². The molecule has 1 amide bonds. The van der Waals surface area contributed by atoms with E-state index in [1.807, 2.05) is 32.0 Å². The lowest BCUT2D eigenvalue weighted by Crippen LogP contribution is -2.49. The minimum atomic E-state index is -0.265. The van der Waals surface area contributed by atoms with Gasteiger partial charge in [0.2, 0.25) is 5.91 Å². The van der Waals surface area contributed by atoms with Crippen LogP contribution < -0.4 is 10.6 Å². The third-order valence-electron chi connectivity index (χ3n) is 5.77. The first-order valence-electron chi connectivity index (χ1n) is 10.9. The topological polar surface area (TPSA) is 79.4 Å². The van der Waals surface area contributed by atoms with Crippen molar-refractivity contribution in [3.8, 4) is 0 Å². The Kier molecular flexibility index (Phi) is 6.92. The molecule has 1 unspecified atom stereocenters. The Balaban J connectivity index is 1.52. The van der Waals surface area contributed by atoms with Crippen LogP contribution in [0.4, 0.5) is 10.2 Å². The summed E-state index contributed by atoms with van der Waals surface area (Å²) in [4.78, 5) is 24.1. The molecule has 1 fully saturated rings. The molecule has 2 aromatic carbocycles. The molecule has 1 aromatic heterocycles. The third-order valence-corrected chi connectivity index (χ3v) is 5.77. The number of nitrogens with zero attached hydrogens (tertiary/aromatic N) is 3. The molecule has 0 radical (unpaired) electrons. The van der Waals surface area contributed by atoms with Gasteiger partial charge in [0.25, 0.3) is 0 Å². The van der Waals surface area contributed by atoms with Gasteiger partial charge in [0, 0.05) is 30.6 Å². The van der Waals surface area contributed by atoms with Crippen LogP contribution in [0.5, 0.6) is 0 Å². The van der Waals surface area contributed by atoms with Crippen LogP contribution >= 0.6 is 0 Å². The maximum Gasteiger partial charge on any atom is 0.237 e. The summed E-state index contributed by atoms with van der Waals surface area (Å²) in [6.45, 7) is 7.16. The monoisotopic (exact) mass is 437 g/mol. The molecule has 2 heterocycles. The first-order chi connectivity index (χ1) is 15.5. The molecule has 1 atom stereocenters. The number of para-hydroxylation sites is 1. The van der Waals surface area contributed by atoms with Gasteiger partial charge in [-0.1, -0.05) is 30.3 Å². The minimum absolute atomic E-state index is 0.0683. The highest BCUT2D eigenvalue weighted by Crippen LogP contribution is 2.24. The van der Waals surface area contributed by atoms with Crippen molar-refractivity contribution in [2.24, 2.45) is 0 Å². The van der Waals surface area contributed by atoms with Crippen LogP contribution in [0.3, 0.4) is 0 Å². The first-order valence-corrected chi connectivity index (χ1v) is 10.9. The first kappa shape index (κ1) is 22.1.